The van der Waals surface area contributed by atoms with E-state index in [1.165, 1.54) is 4.31 Å². The number of sulfonamides is 1. The van der Waals surface area contributed by atoms with E-state index in [1.54, 1.807) is 25.3 Å². The molecule has 0 aliphatic rings. The second-order valence-corrected chi connectivity index (χ2v) is 11.8. The fraction of sp³-hybridized carbons (Fsp3) is 0.267. The van der Waals surface area contributed by atoms with Crippen LogP contribution < -0.4 is 10.6 Å². The van der Waals surface area contributed by atoms with Crippen LogP contribution in [0.3, 0.4) is 0 Å². The number of hydrogen-bond acceptors (Lipinski definition) is 5. The van der Waals surface area contributed by atoms with E-state index < -0.39 is 10.0 Å². The molecule has 1 heterocycles. The summed E-state index contributed by atoms with van der Waals surface area (Å²) in [5, 5.41) is 7.85. The van der Waals surface area contributed by atoms with Gasteiger partial charge in [-0.1, -0.05) is 54.1 Å². The van der Waals surface area contributed by atoms with Crippen molar-refractivity contribution in [1.82, 2.24) is 14.6 Å². The van der Waals surface area contributed by atoms with Crippen molar-refractivity contribution in [2.75, 3.05) is 31.5 Å². The van der Waals surface area contributed by atoms with Gasteiger partial charge in [-0.2, -0.15) is 4.31 Å². The van der Waals surface area contributed by atoms with Gasteiger partial charge < -0.3 is 10.6 Å². The third kappa shape index (κ3) is 7.56. The Labute approximate surface area is 235 Å². The summed E-state index contributed by atoms with van der Waals surface area (Å²) in [6.45, 7) is 4.63. The van der Waals surface area contributed by atoms with Gasteiger partial charge in [0.1, 0.15) is 0 Å². The molecule has 2 N–H and O–H groups in total. The molecule has 0 bridgehead atoms. The van der Waals surface area contributed by atoms with Gasteiger partial charge in [0.2, 0.25) is 15.9 Å². The summed E-state index contributed by atoms with van der Waals surface area (Å²) >= 11 is 6.07. The third-order valence-electron chi connectivity index (χ3n) is 6.47. The molecule has 0 fully saturated rings. The Kier molecular flexibility index (Phi) is 9.56. The van der Waals surface area contributed by atoms with E-state index in [2.05, 4.69) is 15.6 Å². The number of fused-ring (bicyclic) bond motifs is 1. The fourth-order valence-electron chi connectivity index (χ4n) is 4.34. The van der Waals surface area contributed by atoms with Gasteiger partial charge in [-0.05, 0) is 73.7 Å². The van der Waals surface area contributed by atoms with Crippen molar-refractivity contribution in [1.29, 1.82) is 0 Å². The molecule has 4 aromatic rings. The third-order valence-corrected chi connectivity index (χ3v) is 8.69. The number of hydrogen-bond donors (Lipinski definition) is 2. The van der Waals surface area contributed by atoms with Crippen LogP contribution in [0.15, 0.2) is 83.9 Å². The number of amides is 1. The zero-order valence-corrected chi connectivity index (χ0v) is 23.7. The Bertz CT molecular complexity index is 1540. The van der Waals surface area contributed by atoms with Crippen LogP contribution >= 0.6 is 11.6 Å². The summed E-state index contributed by atoms with van der Waals surface area (Å²) in [5.41, 5.74) is 4.26. The van der Waals surface area contributed by atoms with E-state index >= 15 is 0 Å². The number of nitrogens with zero attached hydrogens (tertiary/aromatic N) is 2. The molecule has 0 spiro atoms. The van der Waals surface area contributed by atoms with Gasteiger partial charge in [-0.3, -0.25) is 9.78 Å². The Morgan fingerprint density at radius 2 is 1.77 bits per heavy atom. The molecule has 9 heteroatoms. The lowest BCUT2D eigenvalue weighted by molar-refractivity contribution is -0.121. The fourth-order valence-corrected chi connectivity index (χ4v) is 6.21. The normalized spacial score (nSPS) is 11.6. The number of halogens is 1. The number of carbonyl (C=O) groups excluding carboxylic acids is 1. The highest BCUT2D eigenvalue weighted by Crippen LogP contribution is 2.24. The minimum absolute atomic E-state index is 0.202. The lowest BCUT2D eigenvalue weighted by atomic mass is 10.1. The standard InChI is InChI=1S/C30H33ClN4O3S/c1-22-9-10-23(2)29(19-22)39(37,38)35(18-14-24-7-4-3-5-8-24)21-30(36)34-16-6-15-32-27-13-17-33-28-20-25(31)11-12-26(27)28/h3-5,7-13,17,19-20H,6,14-16,18,21H2,1-2H3,(H,32,33)(H,34,36). The summed E-state index contributed by atoms with van der Waals surface area (Å²) in [6, 6.07) is 22.5. The molecule has 39 heavy (non-hydrogen) atoms. The SMILES string of the molecule is Cc1ccc(C)c(S(=O)(=O)N(CCc2ccccc2)CC(=O)NCCCNc2ccnc3cc(Cl)ccc23)c1. The number of pyridine rings is 1. The Morgan fingerprint density at radius 1 is 0.974 bits per heavy atom. The van der Waals surface area contributed by atoms with Gasteiger partial charge in [-0.25, -0.2) is 8.42 Å². The number of aromatic nitrogens is 1. The summed E-state index contributed by atoms with van der Waals surface area (Å²) < 4.78 is 28.6. The van der Waals surface area contributed by atoms with Gasteiger partial charge in [0.05, 0.1) is 17.0 Å². The van der Waals surface area contributed by atoms with E-state index in [0.29, 0.717) is 36.5 Å². The summed E-state index contributed by atoms with van der Waals surface area (Å²) in [4.78, 5) is 17.5. The van der Waals surface area contributed by atoms with Crippen LogP contribution in [0, 0.1) is 13.8 Å². The average molecular weight is 565 g/mol. The summed E-state index contributed by atoms with van der Waals surface area (Å²) in [5.74, 6) is -0.332. The molecule has 0 aliphatic heterocycles. The van der Waals surface area contributed by atoms with Gasteiger partial charge in [-0.15, -0.1) is 0 Å². The topological polar surface area (TPSA) is 91.4 Å². The molecule has 0 atom stereocenters. The monoisotopic (exact) mass is 564 g/mol. The van der Waals surface area contributed by atoms with E-state index in [9.17, 15) is 13.2 Å². The van der Waals surface area contributed by atoms with Crippen LogP contribution in [0.25, 0.3) is 10.9 Å². The van der Waals surface area contributed by atoms with E-state index in [4.69, 9.17) is 11.6 Å². The van der Waals surface area contributed by atoms with Crippen molar-refractivity contribution in [2.45, 2.75) is 31.6 Å². The quantitative estimate of drug-likeness (QED) is 0.226. The minimum Gasteiger partial charge on any atom is -0.384 e. The Balaban J connectivity index is 1.36. The maximum Gasteiger partial charge on any atom is 0.243 e. The summed E-state index contributed by atoms with van der Waals surface area (Å²) in [6.07, 6.45) is 2.90. The molecule has 1 amide bonds. The van der Waals surface area contributed by atoms with Gasteiger partial charge >= 0.3 is 0 Å². The highest BCUT2D eigenvalue weighted by molar-refractivity contribution is 7.89. The predicted molar refractivity (Wildman–Crippen MR) is 158 cm³/mol. The first-order valence-corrected chi connectivity index (χ1v) is 14.7. The smallest absolute Gasteiger partial charge is 0.243 e. The molecule has 3 aromatic carbocycles. The van der Waals surface area contributed by atoms with Crippen LogP contribution in [-0.2, 0) is 21.2 Å². The first-order valence-electron chi connectivity index (χ1n) is 12.9. The van der Waals surface area contributed by atoms with Gasteiger partial charge in [0, 0.05) is 41.9 Å². The number of aryl methyl sites for hydroxylation is 2. The molecular formula is C30H33ClN4O3S. The van der Waals surface area contributed by atoms with Crippen molar-refractivity contribution in [2.24, 2.45) is 0 Å². The second kappa shape index (κ2) is 13.1. The zero-order valence-electron chi connectivity index (χ0n) is 22.2. The first-order chi connectivity index (χ1) is 18.7. The number of carbonyl (C=O) groups is 1. The van der Waals surface area contributed by atoms with E-state index in [-0.39, 0.29) is 23.9 Å². The molecule has 0 unspecified atom stereocenters. The van der Waals surface area contributed by atoms with Crippen molar-refractivity contribution < 1.29 is 13.2 Å². The average Bonchev–Trinajstić information content (AvgIpc) is 2.92. The minimum atomic E-state index is -3.87. The molecule has 204 valence electrons. The van der Waals surface area contributed by atoms with Crippen LogP contribution in [0.1, 0.15) is 23.1 Å². The van der Waals surface area contributed by atoms with E-state index in [1.807, 2.05) is 67.6 Å². The van der Waals surface area contributed by atoms with Crippen LogP contribution in [0.5, 0.6) is 0 Å². The maximum absolute atomic E-state index is 13.6. The zero-order chi connectivity index (χ0) is 27.8. The second-order valence-electron chi connectivity index (χ2n) is 9.49. The lowest BCUT2D eigenvalue weighted by Gasteiger charge is -2.23. The highest BCUT2D eigenvalue weighted by atomic mass is 35.5. The van der Waals surface area contributed by atoms with Crippen LogP contribution in [-0.4, -0.2) is 49.8 Å². The highest BCUT2D eigenvalue weighted by Gasteiger charge is 2.28. The van der Waals surface area contributed by atoms with E-state index in [0.717, 1.165) is 27.7 Å². The molecule has 0 saturated carbocycles. The predicted octanol–water partition coefficient (Wildman–Crippen LogP) is 5.36. The maximum atomic E-state index is 13.6. The largest absolute Gasteiger partial charge is 0.384 e. The van der Waals surface area contributed by atoms with Crippen LogP contribution in [0.2, 0.25) is 5.02 Å². The molecule has 4 rings (SSSR count). The number of benzene rings is 3. The van der Waals surface area contributed by atoms with Crippen molar-refractivity contribution in [3.05, 3.63) is 101 Å². The van der Waals surface area contributed by atoms with Crippen LogP contribution in [0.4, 0.5) is 5.69 Å². The number of rotatable bonds is 12. The molecule has 0 radical (unpaired) electrons. The molecule has 0 aliphatic carbocycles. The number of nitrogens with one attached hydrogen (secondary N) is 2. The molecule has 1 aromatic heterocycles. The van der Waals surface area contributed by atoms with Gasteiger partial charge in [0.25, 0.3) is 0 Å². The lowest BCUT2D eigenvalue weighted by Crippen LogP contribution is -2.42. The first kappa shape index (κ1) is 28.5. The Hall–Kier alpha value is -3.46. The molecular weight excluding hydrogens is 532 g/mol. The molecule has 0 saturated heterocycles. The number of anilines is 1. The van der Waals surface area contributed by atoms with Crippen molar-refractivity contribution in [3.63, 3.8) is 0 Å². The van der Waals surface area contributed by atoms with Crippen molar-refractivity contribution >= 4 is 44.1 Å². The van der Waals surface area contributed by atoms with Gasteiger partial charge in [0.15, 0.2) is 0 Å². The Morgan fingerprint density at radius 3 is 2.56 bits per heavy atom. The molecule has 7 nitrogen and oxygen atoms in total. The van der Waals surface area contributed by atoms with Crippen molar-refractivity contribution in [3.8, 4) is 0 Å². The summed E-state index contributed by atoms with van der Waals surface area (Å²) in [7, 11) is -3.87.